The SMILES string of the molecule is CC1(C)OB(c2ccc3c(c2)Oc2cc(-c4cc(-c5cccnc5)nc(-c5cccnc5)c4)ccc2C32c3ccccc3-c3ccccc32)OC1(C)C. The van der Waals surface area contributed by atoms with E-state index in [1.807, 2.05) is 36.7 Å². The van der Waals surface area contributed by atoms with Crippen LogP contribution in [0.3, 0.4) is 0 Å². The summed E-state index contributed by atoms with van der Waals surface area (Å²) in [6, 6.07) is 42.9. The van der Waals surface area contributed by atoms with Gasteiger partial charge >= 0.3 is 7.12 Å². The first-order chi connectivity index (χ1) is 25.7. The van der Waals surface area contributed by atoms with Crippen LogP contribution in [0.15, 0.2) is 146 Å². The maximum atomic E-state index is 7.04. The van der Waals surface area contributed by atoms with Crippen molar-refractivity contribution >= 4 is 12.6 Å². The molecule has 4 aromatic carbocycles. The molecule has 0 atom stereocenters. The Hall–Kier alpha value is -5.89. The first-order valence-electron chi connectivity index (χ1n) is 18.1. The van der Waals surface area contributed by atoms with Crippen molar-refractivity contribution in [1.82, 2.24) is 15.0 Å². The Morgan fingerprint density at radius 2 is 1.04 bits per heavy atom. The van der Waals surface area contributed by atoms with Crippen molar-refractivity contribution in [3.8, 4) is 56.3 Å². The van der Waals surface area contributed by atoms with Gasteiger partial charge in [-0.3, -0.25) is 9.97 Å². The van der Waals surface area contributed by atoms with Gasteiger partial charge in [0.2, 0.25) is 0 Å². The van der Waals surface area contributed by atoms with Gasteiger partial charge < -0.3 is 14.0 Å². The Kier molecular flexibility index (Phi) is 6.94. The van der Waals surface area contributed by atoms with Gasteiger partial charge in [-0.2, -0.15) is 0 Å². The predicted molar refractivity (Wildman–Crippen MR) is 209 cm³/mol. The van der Waals surface area contributed by atoms with Crippen molar-refractivity contribution in [2.24, 2.45) is 0 Å². The number of fused-ring (bicyclic) bond motifs is 9. The van der Waals surface area contributed by atoms with Crippen LogP contribution in [0.5, 0.6) is 11.5 Å². The van der Waals surface area contributed by atoms with Crippen LogP contribution in [0.1, 0.15) is 49.9 Å². The van der Waals surface area contributed by atoms with E-state index in [0.717, 1.165) is 61.7 Å². The Bertz CT molecular complexity index is 2450. The number of hydrogen-bond acceptors (Lipinski definition) is 6. The number of pyridine rings is 3. The molecule has 53 heavy (non-hydrogen) atoms. The quantitative estimate of drug-likeness (QED) is 0.172. The molecule has 10 rings (SSSR count). The van der Waals surface area contributed by atoms with E-state index in [0.29, 0.717) is 0 Å². The standard InChI is InChI=1S/C46H36BN3O3/c1-44(2)45(3,4)53-47(52-44)33-18-20-39-43(26-33)51-42-25-29(17-19-38(42)46(39)36-15-7-5-13-34(36)35-14-6-8-16-37(35)46)32-23-40(30-11-9-21-48-27-30)50-41(24-32)31-12-10-22-49-28-31/h5-28H,1-4H3. The fourth-order valence-corrected chi connectivity index (χ4v) is 8.26. The van der Waals surface area contributed by atoms with Gasteiger partial charge in [-0.15, -0.1) is 0 Å². The first kappa shape index (κ1) is 31.8. The monoisotopic (exact) mass is 689 g/mol. The van der Waals surface area contributed by atoms with Gasteiger partial charge in [-0.05, 0) is 115 Å². The molecule has 256 valence electrons. The summed E-state index contributed by atoms with van der Waals surface area (Å²) in [6.07, 6.45) is 7.26. The van der Waals surface area contributed by atoms with Crippen LogP contribution < -0.4 is 10.2 Å². The third-order valence-electron chi connectivity index (χ3n) is 11.6. The van der Waals surface area contributed by atoms with Gasteiger partial charge in [0.1, 0.15) is 11.5 Å². The molecule has 1 spiro atoms. The number of nitrogens with zero attached hydrogens (tertiary/aromatic N) is 3. The molecule has 0 amide bonds. The average molecular weight is 690 g/mol. The summed E-state index contributed by atoms with van der Waals surface area (Å²) in [5.41, 5.74) is 12.1. The maximum Gasteiger partial charge on any atom is 0.494 e. The minimum atomic E-state index is -0.594. The number of ether oxygens (including phenoxy) is 1. The third-order valence-corrected chi connectivity index (χ3v) is 11.6. The van der Waals surface area contributed by atoms with E-state index in [9.17, 15) is 0 Å². The lowest BCUT2D eigenvalue weighted by atomic mass is 9.65. The summed E-state index contributed by atoms with van der Waals surface area (Å²) in [4.78, 5) is 13.8. The topological polar surface area (TPSA) is 66.4 Å². The molecule has 3 aromatic heterocycles. The van der Waals surface area contributed by atoms with E-state index < -0.39 is 23.7 Å². The Balaban J connectivity index is 1.19. The van der Waals surface area contributed by atoms with Crippen molar-refractivity contribution in [2.75, 3.05) is 0 Å². The molecule has 0 bridgehead atoms. The number of hydrogen-bond donors (Lipinski definition) is 0. The molecule has 0 N–H and O–H groups in total. The second-order valence-corrected chi connectivity index (χ2v) is 15.1. The van der Waals surface area contributed by atoms with E-state index in [1.54, 1.807) is 12.4 Å². The molecule has 7 aromatic rings. The zero-order valence-electron chi connectivity index (χ0n) is 30.0. The minimum Gasteiger partial charge on any atom is -0.457 e. The summed E-state index contributed by atoms with van der Waals surface area (Å²) >= 11 is 0. The van der Waals surface area contributed by atoms with Crippen LogP contribution in [0, 0.1) is 0 Å². The Morgan fingerprint density at radius 3 is 1.60 bits per heavy atom. The second-order valence-electron chi connectivity index (χ2n) is 15.1. The van der Waals surface area contributed by atoms with E-state index in [2.05, 4.69) is 135 Å². The van der Waals surface area contributed by atoms with Crippen molar-refractivity contribution in [3.63, 3.8) is 0 Å². The van der Waals surface area contributed by atoms with E-state index in [-0.39, 0.29) is 0 Å². The largest absolute Gasteiger partial charge is 0.494 e. The second kappa shape index (κ2) is 11.6. The van der Waals surface area contributed by atoms with Gasteiger partial charge in [0.25, 0.3) is 0 Å². The smallest absolute Gasteiger partial charge is 0.457 e. The molecular formula is C46H36BN3O3. The van der Waals surface area contributed by atoms with Crippen LogP contribution in [-0.2, 0) is 14.7 Å². The van der Waals surface area contributed by atoms with Crippen LogP contribution in [0.4, 0.5) is 0 Å². The third kappa shape index (κ3) is 4.77. The zero-order chi connectivity index (χ0) is 36.0. The Morgan fingerprint density at radius 1 is 0.491 bits per heavy atom. The lowest BCUT2D eigenvalue weighted by Gasteiger charge is -2.39. The van der Waals surface area contributed by atoms with Crippen molar-refractivity contribution < 1.29 is 14.0 Å². The zero-order valence-corrected chi connectivity index (χ0v) is 30.0. The minimum absolute atomic E-state index is 0.464. The van der Waals surface area contributed by atoms with E-state index in [1.165, 1.54) is 22.3 Å². The summed E-state index contributed by atoms with van der Waals surface area (Å²) in [5.74, 6) is 1.59. The van der Waals surface area contributed by atoms with Crippen molar-refractivity contribution in [3.05, 3.63) is 168 Å². The Labute approximate surface area is 309 Å². The highest BCUT2D eigenvalue weighted by Crippen LogP contribution is 2.62. The molecule has 2 aliphatic heterocycles. The highest BCUT2D eigenvalue weighted by atomic mass is 16.7. The number of benzene rings is 4. The van der Waals surface area contributed by atoms with Crippen LogP contribution >= 0.6 is 0 Å². The summed E-state index contributed by atoms with van der Waals surface area (Å²) in [5, 5.41) is 0. The molecule has 3 aliphatic rings. The molecule has 0 radical (unpaired) electrons. The maximum absolute atomic E-state index is 7.04. The molecule has 5 heterocycles. The summed E-state index contributed by atoms with van der Waals surface area (Å²) in [7, 11) is -0.519. The van der Waals surface area contributed by atoms with Gasteiger partial charge in [0, 0.05) is 47.0 Å². The van der Waals surface area contributed by atoms with Crippen LogP contribution in [0.25, 0.3) is 44.8 Å². The highest BCUT2D eigenvalue weighted by molar-refractivity contribution is 6.62. The van der Waals surface area contributed by atoms with Gasteiger partial charge in [-0.25, -0.2) is 4.98 Å². The predicted octanol–water partition coefficient (Wildman–Crippen LogP) is 9.64. The molecule has 0 saturated carbocycles. The fraction of sp³-hybridized carbons (Fsp3) is 0.152. The van der Waals surface area contributed by atoms with Crippen LogP contribution in [0.2, 0.25) is 0 Å². The molecule has 1 fully saturated rings. The lowest BCUT2D eigenvalue weighted by molar-refractivity contribution is 0.00578. The van der Waals surface area contributed by atoms with Gasteiger partial charge in [0.05, 0.1) is 28.0 Å². The van der Waals surface area contributed by atoms with Crippen molar-refractivity contribution in [2.45, 2.75) is 44.3 Å². The molecule has 6 nitrogen and oxygen atoms in total. The summed E-state index contributed by atoms with van der Waals surface area (Å²) < 4.78 is 20.1. The fourth-order valence-electron chi connectivity index (χ4n) is 8.26. The number of aromatic nitrogens is 3. The van der Waals surface area contributed by atoms with E-state index >= 15 is 0 Å². The molecule has 1 saturated heterocycles. The normalized spacial score (nSPS) is 16.7. The highest BCUT2D eigenvalue weighted by Gasteiger charge is 2.54. The first-order valence-corrected chi connectivity index (χ1v) is 18.1. The average Bonchev–Trinajstić information content (AvgIpc) is 3.61. The number of rotatable bonds is 4. The van der Waals surface area contributed by atoms with Crippen molar-refractivity contribution in [1.29, 1.82) is 0 Å². The van der Waals surface area contributed by atoms with E-state index in [4.69, 9.17) is 19.0 Å². The van der Waals surface area contributed by atoms with Gasteiger partial charge in [-0.1, -0.05) is 72.8 Å². The molecule has 7 heteroatoms. The van der Waals surface area contributed by atoms with Gasteiger partial charge in [0.15, 0.2) is 0 Å². The molecule has 0 unspecified atom stereocenters. The lowest BCUT2D eigenvalue weighted by Crippen LogP contribution is -2.41. The van der Waals surface area contributed by atoms with Crippen LogP contribution in [-0.4, -0.2) is 33.3 Å². The summed E-state index contributed by atoms with van der Waals surface area (Å²) in [6.45, 7) is 8.33. The molecular weight excluding hydrogens is 653 g/mol. The molecule has 1 aliphatic carbocycles.